The van der Waals surface area contributed by atoms with E-state index in [4.69, 9.17) is 19.5 Å². The molecule has 0 saturated carbocycles. The molecule has 2 heterocycles. The van der Waals surface area contributed by atoms with Crippen molar-refractivity contribution >= 4 is 45.7 Å². The summed E-state index contributed by atoms with van der Waals surface area (Å²) < 4.78 is 10.9. The van der Waals surface area contributed by atoms with E-state index in [1.165, 1.54) is 0 Å². The second-order valence-corrected chi connectivity index (χ2v) is 12.3. The van der Waals surface area contributed by atoms with E-state index in [0.717, 1.165) is 45.6 Å². The maximum absolute atomic E-state index is 13.9. The Balaban J connectivity index is 1.46. The van der Waals surface area contributed by atoms with Crippen LogP contribution >= 0.6 is 0 Å². The highest BCUT2D eigenvalue weighted by Crippen LogP contribution is 2.47. The van der Waals surface area contributed by atoms with Gasteiger partial charge in [-0.1, -0.05) is 12.2 Å². The minimum absolute atomic E-state index is 0.0487. The van der Waals surface area contributed by atoms with Gasteiger partial charge in [0.05, 0.1) is 70.6 Å². The largest absolute Gasteiger partial charge is 0.497 e. The molecule has 8 heteroatoms. The second kappa shape index (κ2) is 10.5. The zero-order valence-corrected chi connectivity index (χ0v) is 26.6. The van der Waals surface area contributed by atoms with Crippen LogP contribution in [-0.2, 0) is 9.59 Å². The quantitative estimate of drug-likeness (QED) is 0.347. The Kier molecular flexibility index (Phi) is 6.99. The third-order valence-corrected chi connectivity index (χ3v) is 8.98. The molecule has 8 nitrogen and oxygen atoms in total. The molecule has 6 rings (SSSR count). The number of hydrogen-bond donors (Lipinski definition) is 0. The molecule has 2 aromatic carbocycles. The third kappa shape index (κ3) is 4.34. The van der Waals surface area contributed by atoms with Gasteiger partial charge >= 0.3 is 0 Å². The molecule has 226 valence electrons. The normalized spacial score (nSPS) is 21.5. The Morgan fingerprint density at radius 2 is 1.07 bits per heavy atom. The van der Waals surface area contributed by atoms with Crippen LogP contribution in [-0.4, -0.2) is 50.3 Å². The molecule has 4 aliphatic rings. The number of Topliss-reactive ketones (excluding diaryl/α,β-unsaturated/α-hetero) is 2. The Hall–Kier alpha value is -4.72. The average Bonchev–Trinajstić information content (AvgIpc) is 3.02. The molecule has 44 heavy (non-hydrogen) atoms. The maximum Gasteiger partial charge on any atom is 0.174 e. The summed E-state index contributed by atoms with van der Waals surface area (Å²) >= 11 is 0. The van der Waals surface area contributed by atoms with Crippen LogP contribution in [0.4, 0.5) is 22.7 Å². The fourth-order valence-corrected chi connectivity index (χ4v) is 6.45. The predicted octanol–water partition coefficient (Wildman–Crippen LogP) is 7.07. The number of nitrogens with zero attached hydrogens (tertiary/aromatic N) is 4. The smallest absolute Gasteiger partial charge is 0.174 e. The molecule has 0 spiro atoms. The molecule has 2 aliphatic carbocycles. The number of fused-ring (bicyclic) bond motifs is 4. The molecule has 0 N–H and O–H groups in total. The van der Waals surface area contributed by atoms with Gasteiger partial charge in [0.25, 0.3) is 0 Å². The Morgan fingerprint density at radius 3 is 1.41 bits per heavy atom. The minimum Gasteiger partial charge on any atom is -0.497 e. The van der Waals surface area contributed by atoms with E-state index in [1.54, 1.807) is 26.4 Å². The summed E-state index contributed by atoms with van der Waals surface area (Å²) in [6.07, 6.45) is 7.37. The number of ether oxygens (including phenoxy) is 2. The van der Waals surface area contributed by atoms with E-state index >= 15 is 0 Å². The van der Waals surface area contributed by atoms with Gasteiger partial charge in [0.2, 0.25) is 0 Å². The SMILES string of the molecule is CCN1C2=C/C(=C/C=C3\C=C4C(=Nc5cc(OC)ccc5N4CC)C(C)(C)C3=O)C(=O)C(C)(C)C2=Nc2cc(OC)ccc21. The van der Waals surface area contributed by atoms with Crippen LogP contribution in [0.3, 0.4) is 0 Å². The van der Waals surface area contributed by atoms with E-state index in [0.29, 0.717) is 35.7 Å². The van der Waals surface area contributed by atoms with Gasteiger partial charge in [-0.15, -0.1) is 0 Å². The van der Waals surface area contributed by atoms with E-state index in [1.807, 2.05) is 76.2 Å². The van der Waals surface area contributed by atoms with Crippen molar-refractivity contribution in [2.24, 2.45) is 20.8 Å². The zero-order chi connectivity index (χ0) is 31.6. The van der Waals surface area contributed by atoms with Crippen LogP contribution in [0.25, 0.3) is 0 Å². The molecule has 2 aromatic rings. The van der Waals surface area contributed by atoms with Crippen molar-refractivity contribution in [3.63, 3.8) is 0 Å². The lowest BCUT2D eigenvalue weighted by atomic mass is 9.72. The van der Waals surface area contributed by atoms with Crippen molar-refractivity contribution < 1.29 is 19.1 Å². The molecular formula is C36H38N4O4. The molecule has 0 amide bonds. The molecule has 0 radical (unpaired) electrons. The number of ketones is 2. The van der Waals surface area contributed by atoms with Gasteiger partial charge in [-0.25, -0.2) is 9.98 Å². The molecule has 0 saturated heterocycles. The Labute approximate surface area is 258 Å². The van der Waals surface area contributed by atoms with Crippen LogP contribution in [0.5, 0.6) is 11.5 Å². The highest BCUT2D eigenvalue weighted by atomic mass is 16.5. The van der Waals surface area contributed by atoms with E-state index < -0.39 is 10.8 Å². The average molecular weight is 591 g/mol. The van der Waals surface area contributed by atoms with Gasteiger partial charge in [0.1, 0.15) is 11.5 Å². The summed E-state index contributed by atoms with van der Waals surface area (Å²) in [7, 11) is 3.26. The minimum atomic E-state index is -0.871. The first-order valence-electron chi connectivity index (χ1n) is 15.0. The Morgan fingerprint density at radius 1 is 0.682 bits per heavy atom. The number of rotatable bonds is 5. The predicted molar refractivity (Wildman–Crippen MR) is 176 cm³/mol. The van der Waals surface area contributed by atoms with Gasteiger partial charge in [-0.3, -0.25) is 9.59 Å². The number of hydrogen-bond acceptors (Lipinski definition) is 8. The number of allylic oxidation sites excluding steroid dienone is 8. The van der Waals surface area contributed by atoms with Crippen molar-refractivity contribution in [1.82, 2.24) is 0 Å². The fourth-order valence-electron chi connectivity index (χ4n) is 6.45. The van der Waals surface area contributed by atoms with Gasteiger partial charge in [-0.2, -0.15) is 0 Å². The van der Waals surface area contributed by atoms with Crippen molar-refractivity contribution in [3.05, 3.63) is 83.2 Å². The standard InChI is InChI=1S/C36H38N4O4/c1-9-39-27-15-13-23(43-7)19-25(27)37-31-29(39)17-21(33(41)35(31,3)4)11-12-22-18-30-32(36(5,6)34(22)42)38-26-20-24(44-8)14-16-28(26)40(30)10-2/h11-20H,9-10H2,1-8H3/b21-11-,22-12+. The van der Waals surface area contributed by atoms with Gasteiger partial charge in [0, 0.05) is 36.4 Å². The lowest BCUT2D eigenvalue weighted by molar-refractivity contribution is -0.121. The topological polar surface area (TPSA) is 83.8 Å². The highest BCUT2D eigenvalue weighted by molar-refractivity contribution is 6.29. The van der Waals surface area contributed by atoms with E-state index in [2.05, 4.69) is 23.6 Å². The number of benzene rings is 2. The summed E-state index contributed by atoms with van der Waals surface area (Å²) in [5.74, 6) is 1.34. The second-order valence-electron chi connectivity index (χ2n) is 12.3. The third-order valence-electron chi connectivity index (χ3n) is 8.98. The summed E-state index contributed by atoms with van der Waals surface area (Å²) in [6, 6.07) is 11.6. The van der Waals surface area contributed by atoms with E-state index in [-0.39, 0.29) is 11.6 Å². The van der Waals surface area contributed by atoms with Gasteiger partial charge < -0.3 is 19.3 Å². The van der Waals surface area contributed by atoms with Crippen molar-refractivity contribution in [3.8, 4) is 11.5 Å². The summed E-state index contributed by atoms with van der Waals surface area (Å²) in [5.41, 5.74) is 6.02. The van der Waals surface area contributed by atoms with E-state index in [9.17, 15) is 9.59 Å². The molecule has 0 aromatic heterocycles. The van der Waals surface area contributed by atoms with Gasteiger partial charge in [-0.05, 0) is 78.0 Å². The molecule has 0 bridgehead atoms. The van der Waals surface area contributed by atoms with Crippen LogP contribution in [0.15, 0.2) is 93.2 Å². The first-order valence-corrected chi connectivity index (χ1v) is 15.0. The molecule has 2 aliphatic heterocycles. The first kappa shape index (κ1) is 29.4. The number of carbonyl (C=O) groups excluding carboxylic acids is 2. The lowest BCUT2D eigenvalue weighted by Crippen LogP contribution is -2.45. The first-order chi connectivity index (χ1) is 21.0. The lowest BCUT2D eigenvalue weighted by Gasteiger charge is -2.41. The molecular weight excluding hydrogens is 552 g/mol. The Bertz CT molecular complexity index is 1670. The molecule has 0 unspecified atom stereocenters. The summed E-state index contributed by atoms with van der Waals surface area (Å²) in [6.45, 7) is 13.2. The van der Waals surface area contributed by atoms with Crippen LogP contribution in [0.2, 0.25) is 0 Å². The van der Waals surface area contributed by atoms with Gasteiger partial charge in [0.15, 0.2) is 11.6 Å². The maximum atomic E-state index is 13.9. The molecule has 0 fully saturated rings. The number of carbonyl (C=O) groups is 2. The number of anilines is 2. The van der Waals surface area contributed by atoms with Crippen molar-refractivity contribution in [2.75, 3.05) is 37.1 Å². The molecule has 0 atom stereocenters. The fraction of sp³-hybridized carbons (Fsp3) is 0.333. The van der Waals surface area contributed by atoms with Crippen LogP contribution in [0, 0.1) is 10.8 Å². The van der Waals surface area contributed by atoms with Crippen LogP contribution in [0.1, 0.15) is 41.5 Å². The summed E-state index contributed by atoms with van der Waals surface area (Å²) in [5, 5.41) is 0. The van der Waals surface area contributed by atoms with Crippen molar-refractivity contribution in [2.45, 2.75) is 41.5 Å². The monoisotopic (exact) mass is 590 g/mol. The number of aliphatic imine (C=N–C) groups is 2. The van der Waals surface area contributed by atoms with Crippen molar-refractivity contribution in [1.29, 1.82) is 0 Å². The highest BCUT2D eigenvalue weighted by Gasteiger charge is 2.45. The summed E-state index contributed by atoms with van der Waals surface area (Å²) in [4.78, 5) is 42.1. The zero-order valence-electron chi connectivity index (χ0n) is 26.6. The van der Waals surface area contributed by atoms with Crippen LogP contribution < -0.4 is 19.3 Å². The number of methoxy groups -OCH3 is 2.